The van der Waals surface area contributed by atoms with Crippen molar-refractivity contribution in [3.63, 3.8) is 0 Å². The molecule has 1 atom stereocenters. The zero-order chi connectivity index (χ0) is 14.5. The molecule has 0 spiro atoms. The van der Waals surface area contributed by atoms with Gasteiger partial charge in [-0.15, -0.1) is 11.8 Å². The predicted octanol–water partition coefficient (Wildman–Crippen LogP) is 0.456. The summed E-state index contributed by atoms with van der Waals surface area (Å²) in [4.78, 5) is 0. The van der Waals surface area contributed by atoms with Gasteiger partial charge >= 0.3 is 51.4 Å². The van der Waals surface area contributed by atoms with Gasteiger partial charge in [0.2, 0.25) is 4.38 Å². The minimum Gasteiger partial charge on any atom is -1.00 e. The summed E-state index contributed by atoms with van der Waals surface area (Å²) in [6.45, 7) is 7.47. The fraction of sp³-hybridized carbons (Fsp3) is 0.923. The van der Waals surface area contributed by atoms with Gasteiger partial charge in [0.05, 0.1) is 5.37 Å². The van der Waals surface area contributed by atoms with E-state index in [4.69, 9.17) is 21.7 Å². The van der Waals surface area contributed by atoms with Gasteiger partial charge in [0, 0.05) is 19.8 Å². The van der Waals surface area contributed by atoms with Crippen LogP contribution < -0.4 is 56.7 Å². The molecule has 20 heavy (non-hydrogen) atoms. The number of ether oxygens (including phenoxy) is 2. The number of rotatable bonds is 12. The quantitative estimate of drug-likeness (QED) is 0.172. The van der Waals surface area contributed by atoms with E-state index in [0.717, 1.165) is 32.6 Å². The SMILES string of the molecule is CSC(CCCCOCC(C)C)NCCOC(=S)S.[H-].[K+]. The molecule has 0 saturated carbocycles. The summed E-state index contributed by atoms with van der Waals surface area (Å²) < 4.78 is 11.0. The maximum atomic E-state index is 5.57. The molecule has 0 fully saturated rings. The topological polar surface area (TPSA) is 30.5 Å². The van der Waals surface area contributed by atoms with Gasteiger partial charge in [-0.05, 0) is 43.7 Å². The first-order valence-corrected chi connectivity index (χ1v) is 8.90. The third-order valence-electron chi connectivity index (χ3n) is 2.44. The number of thiocarbonyl (C=S) groups is 1. The molecule has 3 nitrogen and oxygen atoms in total. The van der Waals surface area contributed by atoms with Crippen molar-refractivity contribution in [3.05, 3.63) is 0 Å². The van der Waals surface area contributed by atoms with Crippen LogP contribution in [0.4, 0.5) is 0 Å². The van der Waals surface area contributed by atoms with Crippen molar-refractivity contribution < 1.29 is 62.3 Å². The van der Waals surface area contributed by atoms with Crippen molar-refractivity contribution in [2.75, 3.05) is 32.6 Å². The molecule has 0 heterocycles. The van der Waals surface area contributed by atoms with Crippen molar-refractivity contribution in [2.45, 2.75) is 38.5 Å². The Labute approximate surface area is 183 Å². The van der Waals surface area contributed by atoms with E-state index in [1.54, 1.807) is 0 Å². The molecule has 0 saturated heterocycles. The summed E-state index contributed by atoms with van der Waals surface area (Å²) in [7, 11) is 0. The molecule has 0 radical (unpaired) electrons. The minimum atomic E-state index is 0. The average Bonchev–Trinajstić information content (AvgIpc) is 2.35. The molecule has 0 aromatic heterocycles. The number of thioether (sulfide) groups is 1. The molecule has 0 aromatic rings. The third kappa shape index (κ3) is 18.2. The van der Waals surface area contributed by atoms with Gasteiger partial charge in [0.15, 0.2) is 0 Å². The van der Waals surface area contributed by atoms with E-state index in [2.05, 4.69) is 38.0 Å². The van der Waals surface area contributed by atoms with Crippen LogP contribution in [0.1, 0.15) is 34.5 Å². The number of thiol groups is 1. The van der Waals surface area contributed by atoms with E-state index in [1.165, 1.54) is 6.42 Å². The van der Waals surface area contributed by atoms with Crippen molar-refractivity contribution in [1.29, 1.82) is 0 Å². The molecule has 0 aliphatic heterocycles. The van der Waals surface area contributed by atoms with Crippen LogP contribution in [-0.2, 0) is 9.47 Å². The largest absolute Gasteiger partial charge is 1.00 e. The second-order valence-electron chi connectivity index (χ2n) is 4.76. The number of nitrogens with one attached hydrogen (secondary N) is 1. The normalized spacial score (nSPS) is 12.1. The van der Waals surface area contributed by atoms with Crippen molar-refractivity contribution >= 4 is 41.0 Å². The minimum absolute atomic E-state index is 0. The molecule has 0 aliphatic rings. The molecule has 0 aromatic carbocycles. The molecular formula is C13H28KNO2S3. The summed E-state index contributed by atoms with van der Waals surface area (Å²) in [5.74, 6) is 0.624. The molecule has 1 N–H and O–H groups in total. The van der Waals surface area contributed by atoms with Gasteiger partial charge in [0.1, 0.15) is 6.61 Å². The number of hydrogen-bond donors (Lipinski definition) is 2. The summed E-state index contributed by atoms with van der Waals surface area (Å²) in [5, 5.41) is 3.91. The molecule has 0 rings (SSSR count). The van der Waals surface area contributed by atoms with E-state index >= 15 is 0 Å². The first-order chi connectivity index (χ1) is 9.06. The molecule has 0 aliphatic carbocycles. The summed E-state index contributed by atoms with van der Waals surface area (Å²) in [6, 6.07) is 0. The van der Waals surface area contributed by atoms with E-state index in [0.29, 0.717) is 22.3 Å². The monoisotopic (exact) mass is 365 g/mol. The Morgan fingerprint density at radius 3 is 2.60 bits per heavy atom. The van der Waals surface area contributed by atoms with Crippen LogP contribution in [0.15, 0.2) is 0 Å². The fourth-order valence-corrected chi connectivity index (χ4v) is 2.38. The Balaban J connectivity index is -0.00000162. The molecule has 7 heteroatoms. The molecule has 116 valence electrons. The van der Waals surface area contributed by atoms with Crippen molar-refractivity contribution in [3.8, 4) is 0 Å². The first-order valence-electron chi connectivity index (χ1n) is 6.76. The van der Waals surface area contributed by atoms with E-state index in [-0.39, 0.29) is 52.8 Å². The maximum Gasteiger partial charge on any atom is 1.00 e. The summed E-state index contributed by atoms with van der Waals surface area (Å²) in [6.07, 6.45) is 5.58. The summed E-state index contributed by atoms with van der Waals surface area (Å²) in [5.41, 5.74) is 0. The molecule has 1 unspecified atom stereocenters. The Morgan fingerprint density at radius 1 is 1.35 bits per heavy atom. The van der Waals surface area contributed by atoms with Crippen LogP contribution >= 0.6 is 36.6 Å². The number of unbranched alkanes of at least 4 members (excludes halogenated alkanes) is 1. The van der Waals surface area contributed by atoms with Crippen LogP contribution in [-0.4, -0.2) is 42.4 Å². The van der Waals surface area contributed by atoms with Crippen molar-refractivity contribution in [2.24, 2.45) is 5.92 Å². The predicted molar refractivity (Wildman–Crippen MR) is 93.5 cm³/mol. The standard InChI is InChI=1S/C13H27NO2S3.K.H/c1-11(2)10-15-8-5-4-6-12(19-3)14-7-9-16-13(17)18;;/h11-12,14H,4-10H2,1-3H3,(H,17,18);;/q;+1;-1. The third-order valence-corrected chi connectivity index (χ3v) is 3.66. The van der Waals surface area contributed by atoms with Crippen LogP contribution in [0, 0.1) is 5.92 Å². The van der Waals surface area contributed by atoms with Gasteiger partial charge < -0.3 is 16.2 Å². The van der Waals surface area contributed by atoms with E-state index in [9.17, 15) is 0 Å². The maximum absolute atomic E-state index is 5.57. The smallest absolute Gasteiger partial charge is 1.00 e. The van der Waals surface area contributed by atoms with Gasteiger partial charge in [-0.25, -0.2) is 0 Å². The van der Waals surface area contributed by atoms with Crippen LogP contribution in [0.2, 0.25) is 0 Å². The van der Waals surface area contributed by atoms with Crippen LogP contribution in [0.25, 0.3) is 0 Å². The Hall–Kier alpha value is 2.15. The molecule has 0 amide bonds. The Bertz CT molecular complexity index is 239. The van der Waals surface area contributed by atoms with E-state index in [1.807, 2.05) is 11.8 Å². The number of hydrogen-bond acceptors (Lipinski definition) is 5. The second-order valence-corrected chi connectivity index (χ2v) is 6.88. The summed E-state index contributed by atoms with van der Waals surface area (Å²) >= 11 is 10.5. The van der Waals surface area contributed by atoms with Crippen LogP contribution in [0.3, 0.4) is 0 Å². The Morgan fingerprint density at radius 2 is 2.05 bits per heavy atom. The van der Waals surface area contributed by atoms with Crippen molar-refractivity contribution in [1.82, 2.24) is 5.32 Å². The van der Waals surface area contributed by atoms with E-state index < -0.39 is 0 Å². The average molecular weight is 366 g/mol. The first kappa shape index (κ1) is 24.4. The zero-order valence-corrected chi connectivity index (χ0v) is 18.8. The molecular weight excluding hydrogens is 337 g/mol. The van der Waals surface area contributed by atoms with Gasteiger partial charge in [-0.3, -0.25) is 0 Å². The fourth-order valence-electron chi connectivity index (χ4n) is 1.51. The van der Waals surface area contributed by atoms with Gasteiger partial charge in [-0.2, -0.15) is 0 Å². The second kappa shape index (κ2) is 17.5. The van der Waals surface area contributed by atoms with Crippen LogP contribution in [0.5, 0.6) is 0 Å². The Kier molecular flexibility index (Phi) is 21.3. The zero-order valence-electron chi connectivity index (χ0n) is 14.2. The molecule has 0 bridgehead atoms. The van der Waals surface area contributed by atoms with Gasteiger partial charge in [0.25, 0.3) is 0 Å². The van der Waals surface area contributed by atoms with Gasteiger partial charge in [-0.1, -0.05) is 26.5 Å².